The zero-order chi connectivity index (χ0) is 20.4. The van der Waals surface area contributed by atoms with Gasteiger partial charge in [-0.1, -0.05) is 19.1 Å². The summed E-state index contributed by atoms with van der Waals surface area (Å²) in [5.74, 6) is 0.804. The normalized spacial score (nSPS) is 16.4. The second-order valence-electron chi connectivity index (χ2n) is 6.52. The highest BCUT2D eigenvalue weighted by atomic mass is 127. The van der Waals surface area contributed by atoms with Gasteiger partial charge in [0, 0.05) is 45.7 Å². The summed E-state index contributed by atoms with van der Waals surface area (Å²) in [5.41, 5.74) is 0.655. The van der Waals surface area contributed by atoms with Gasteiger partial charge in [0.15, 0.2) is 5.96 Å². The number of amides is 1. The minimum absolute atomic E-state index is 0. The van der Waals surface area contributed by atoms with Crippen LogP contribution in [0.2, 0.25) is 0 Å². The van der Waals surface area contributed by atoms with Crippen LogP contribution >= 0.6 is 24.0 Å². The number of rotatable bonds is 9. The monoisotopic (exact) mass is 525 g/mol. The smallest absolute Gasteiger partial charge is 0.387 e. The first kappa shape index (κ1) is 25.2. The molecule has 1 aliphatic rings. The van der Waals surface area contributed by atoms with E-state index in [1.54, 1.807) is 31.3 Å². The standard InChI is InChI=1S/C19H29F2N5O2.HI/c1-3-10-23-17(27)8-11-24-19(22-2)25-14-9-12-26(13-14)15-6-4-5-7-16(15)28-18(20)21;/h4-7,14,18H,3,8-13H2,1-2H3,(H,23,27)(H2,22,24,25);1H. The molecule has 1 atom stereocenters. The first-order valence-electron chi connectivity index (χ1n) is 9.56. The number of guanidine groups is 1. The Hall–Kier alpha value is -1.85. The van der Waals surface area contributed by atoms with Crippen LogP contribution in [0.25, 0.3) is 0 Å². The molecule has 0 bridgehead atoms. The molecule has 29 heavy (non-hydrogen) atoms. The van der Waals surface area contributed by atoms with E-state index < -0.39 is 6.61 Å². The number of hydrogen-bond donors (Lipinski definition) is 3. The van der Waals surface area contributed by atoms with Gasteiger partial charge >= 0.3 is 6.61 Å². The zero-order valence-electron chi connectivity index (χ0n) is 16.8. The third kappa shape index (κ3) is 8.58. The van der Waals surface area contributed by atoms with Crippen molar-refractivity contribution in [3.8, 4) is 5.75 Å². The summed E-state index contributed by atoms with van der Waals surface area (Å²) in [6.07, 6.45) is 2.11. The summed E-state index contributed by atoms with van der Waals surface area (Å²) in [7, 11) is 1.67. The van der Waals surface area contributed by atoms with E-state index in [4.69, 9.17) is 0 Å². The van der Waals surface area contributed by atoms with Gasteiger partial charge in [-0.25, -0.2) is 0 Å². The number of benzene rings is 1. The molecule has 0 saturated carbocycles. The van der Waals surface area contributed by atoms with Crippen molar-refractivity contribution in [2.45, 2.75) is 38.8 Å². The zero-order valence-corrected chi connectivity index (χ0v) is 19.1. The van der Waals surface area contributed by atoms with Gasteiger partial charge in [0.05, 0.1) is 5.69 Å². The maximum Gasteiger partial charge on any atom is 0.387 e. The van der Waals surface area contributed by atoms with Crippen LogP contribution in [0.5, 0.6) is 5.75 Å². The van der Waals surface area contributed by atoms with Crippen LogP contribution < -0.4 is 25.6 Å². The number of hydrogen-bond acceptors (Lipinski definition) is 4. The molecule has 1 aromatic rings. The number of ether oxygens (including phenoxy) is 1. The maximum atomic E-state index is 12.6. The fourth-order valence-electron chi connectivity index (χ4n) is 3.05. The molecule has 1 aromatic carbocycles. The third-order valence-corrected chi connectivity index (χ3v) is 4.39. The first-order chi connectivity index (χ1) is 13.5. The van der Waals surface area contributed by atoms with Gasteiger partial charge in [0.25, 0.3) is 0 Å². The molecule has 2 rings (SSSR count). The lowest BCUT2D eigenvalue weighted by Gasteiger charge is -2.22. The van der Waals surface area contributed by atoms with Crippen molar-refractivity contribution in [2.24, 2.45) is 4.99 Å². The summed E-state index contributed by atoms with van der Waals surface area (Å²) in [4.78, 5) is 17.8. The molecule has 1 unspecified atom stereocenters. The molecule has 1 aliphatic heterocycles. The average Bonchev–Trinajstić information content (AvgIpc) is 3.13. The second-order valence-corrected chi connectivity index (χ2v) is 6.52. The molecule has 7 nitrogen and oxygen atoms in total. The number of nitrogens with one attached hydrogen (secondary N) is 3. The van der Waals surface area contributed by atoms with Gasteiger partial charge in [0.1, 0.15) is 5.75 Å². The minimum atomic E-state index is -2.85. The van der Waals surface area contributed by atoms with Crippen molar-refractivity contribution >= 4 is 41.5 Å². The van der Waals surface area contributed by atoms with Crippen LogP contribution in [0.3, 0.4) is 0 Å². The molecule has 0 spiro atoms. The molecule has 1 fully saturated rings. The van der Waals surface area contributed by atoms with Gasteiger partial charge in [0.2, 0.25) is 5.91 Å². The summed E-state index contributed by atoms with van der Waals surface area (Å²) in [6.45, 7) is 1.68. The molecular weight excluding hydrogens is 495 g/mol. The van der Waals surface area contributed by atoms with E-state index in [1.165, 1.54) is 0 Å². The fraction of sp³-hybridized carbons (Fsp3) is 0.579. The Labute approximate surface area is 187 Å². The largest absolute Gasteiger partial charge is 0.433 e. The van der Waals surface area contributed by atoms with E-state index in [1.807, 2.05) is 11.8 Å². The van der Waals surface area contributed by atoms with Gasteiger partial charge in [-0.05, 0) is 25.0 Å². The summed E-state index contributed by atoms with van der Waals surface area (Å²) >= 11 is 0. The lowest BCUT2D eigenvalue weighted by atomic mass is 10.2. The molecule has 3 N–H and O–H groups in total. The highest BCUT2D eigenvalue weighted by Crippen LogP contribution is 2.31. The fourth-order valence-corrected chi connectivity index (χ4v) is 3.05. The highest BCUT2D eigenvalue weighted by Gasteiger charge is 2.26. The summed E-state index contributed by atoms with van der Waals surface area (Å²) < 4.78 is 29.9. The Kier molecular flexibility index (Phi) is 11.6. The number of alkyl halides is 2. The van der Waals surface area contributed by atoms with E-state index in [9.17, 15) is 13.6 Å². The Balaban J connectivity index is 0.00000420. The summed E-state index contributed by atoms with van der Waals surface area (Å²) in [5, 5.41) is 9.28. The van der Waals surface area contributed by atoms with Crippen LogP contribution in [0.4, 0.5) is 14.5 Å². The molecule has 1 amide bonds. The van der Waals surface area contributed by atoms with E-state index >= 15 is 0 Å². The van der Waals surface area contributed by atoms with Crippen LogP contribution in [0, 0.1) is 0 Å². The number of carbonyl (C=O) groups excluding carboxylic acids is 1. The second kappa shape index (κ2) is 13.4. The minimum Gasteiger partial charge on any atom is -0.433 e. The predicted molar refractivity (Wildman–Crippen MR) is 122 cm³/mol. The van der Waals surface area contributed by atoms with Crippen molar-refractivity contribution < 1.29 is 18.3 Å². The number of anilines is 1. The lowest BCUT2D eigenvalue weighted by molar-refractivity contribution is -0.120. The number of carbonyl (C=O) groups is 1. The van der Waals surface area contributed by atoms with Gasteiger partial charge < -0.3 is 25.6 Å². The Morgan fingerprint density at radius 2 is 2.07 bits per heavy atom. The first-order valence-corrected chi connectivity index (χ1v) is 9.56. The van der Waals surface area contributed by atoms with E-state index in [-0.39, 0.29) is 41.7 Å². The van der Waals surface area contributed by atoms with Crippen molar-refractivity contribution in [2.75, 3.05) is 38.1 Å². The molecule has 0 radical (unpaired) electrons. The van der Waals surface area contributed by atoms with Gasteiger partial charge in [-0.15, -0.1) is 24.0 Å². The third-order valence-electron chi connectivity index (χ3n) is 4.39. The van der Waals surface area contributed by atoms with Crippen LogP contribution in [0.15, 0.2) is 29.3 Å². The summed E-state index contributed by atoms with van der Waals surface area (Å²) in [6, 6.07) is 6.92. The van der Waals surface area contributed by atoms with Crippen LogP contribution in [-0.4, -0.2) is 57.7 Å². The SMILES string of the molecule is CCCNC(=O)CCNC(=NC)NC1CCN(c2ccccc2OC(F)F)C1.I. The quantitative estimate of drug-likeness (QED) is 0.263. The van der Waals surface area contributed by atoms with Crippen molar-refractivity contribution in [1.29, 1.82) is 0 Å². The number of nitrogens with zero attached hydrogens (tertiary/aromatic N) is 2. The topological polar surface area (TPSA) is 78.0 Å². The van der Waals surface area contributed by atoms with Crippen LogP contribution in [-0.2, 0) is 4.79 Å². The van der Waals surface area contributed by atoms with E-state index in [2.05, 4.69) is 25.7 Å². The Bertz CT molecular complexity index is 663. The van der Waals surface area contributed by atoms with Crippen LogP contribution in [0.1, 0.15) is 26.2 Å². The maximum absolute atomic E-state index is 12.6. The highest BCUT2D eigenvalue weighted by molar-refractivity contribution is 14.0. The molecule has 164 valence electrons. The molecule has 1 heterocycles. The number of aliphatic imine (C=N–C) groups is 1. The average molecular weight is 525 g/mol. The van der Waals surface area contributed by atoms with Crippen molar-refractivity contribution in [3.05, 3.63) is 24.3 Å². The molecule has 1 saturated heterocycles. The van der Waals surface area contributed by atoms with Gasteiger partial charge in [-0.2, -0.15) is 8.78 Å². The van der Waals surface area contributed by atoms with Crippen molar-refractivity contribution in [1.82, 2.24) is 16.0 Å². The Morgan fingerprint density at radius 3 is 2.76 bits per heavy atom. The van der Waals surface area contributed by atoms with E-state index in [0.29, 0.717) is 37.7 Å². The number of para-hydroxylation sites is 2. The molecule has 0 aliphatic carbocycles. The Morgan fingerprint density at radius 1 is 1.31 bits per heavy atom. The lowest BCUT2D eigenvalue weighted by Crippen LogP contribution is -2.45. The molecular formula is C19H30F2IN5O2. The van der Waals surface area contributed by atoms with E-state index in [0.717, 1.165) is 19.4 Å². The molecule has 0 aromatic heterocycles. The predicted octanol–water partition coefficient (Wildman–Crippen LogP) is 2.57. The van der Waals surface area contributed by atoms with Crippen molar-refractivity contribution in [3.63, 3.8) is 0 Å². The molecule has 10 heteroatoms. The van der Waals surface area contributed by atoms with Gasteiger partial charge in [-0.3, -0.25) is 9.79 Å². The number of halogens is 3.